The maximum Gasteiger partial charge on any atom is 0.231 e. The Morgan fingerprint density at radius 2 is 2.08 bits per heavy atom. The average molecular weight is 341 g/mol. The van der Waals surface area contributed by atoms with Crippen LogP contribution in [0.15, 0.2) is 47.4 Å². The highest BCUT2D eigenvalue weighted by molar-refractivity contribution is 8.00. The van der Waals surface area contributed by atoms with E-state index in [1.165, 1.54) is 4.90 Å². The number of amides is 1. The Morgan fingerprint density at radius 3 is 2.88 bits per heavy atom. The molecule has 0 fully saturated rings. The first-order valence-corrected chi connectivity index (χ1v) is 9.16. The summed E-state index contributed by atoms with van der Waals surface area (Å²) in [5.74, 6) is 0.904. The fourth-order valence-electron chi connectivity index (χ4n) is 3.05. The number of thioether (sulfide) groups is 1. The van der Waals surface area contributed by atoms with Gasteiger partial charge in [-0.2, -0.15) is 0 Å². The molecule has 0 spiro atoms. The normalized spacial score (nSPS) is 17.1. The van der Waals surface area contributed by atoms with Gasteiger partial charge in [-0.3, -0.25) is 4.79 Å². The van der Waals surface area contributed by atoms with Crippen LogP contribution in [0, 0.1) is 6.92 Å². The molecule has 0 bridgehead atoms. The second kappa shape index (κ2) is 7.31. The minimum absolute atomic E-state index is 0.126. The third-order valence-electron chi connectivity index (χ3n) is 4.32. The number of nitrogens with zero attached hydrogens (tertiary/aromatic N) is 1. The number of carbonyl (C=O) groups excluding carboxylic acids is 1. The topological polar surface area (TPSA) is 29.5 Å². The first kappa shape index (κ1) is 16.9. The molecule has 1 heterocycles. The number of fused-ring (bicyclic) bond motifs is 1. The molecule has 2 aromatic rings. The van der Waals surface area contributed by atoms with Crippen molar-refractivity contribution in [2.45, 2.75) is 36.8 Å². The summed E-state index contributed by atoms with van der Waals surface area (Å²) in [6.45, 7) is 5.02. The summed E-state index contributed by atoms with van der Waals surface area (Å²) in [5.41, 5.74) is 3.12. The minimum Gasteiger partial charge on any atom is -0.496 e. The lowest BCUT2D eigenvalue weighted by Gasteiger charge is -2.23. The van der Waals surface area contributed by atoms with Crippen LogP contribution in [0.2, 0.25) is 0 Å². The summed E-state index contributed by atoms with van der Waals surface area (Å²) in [5, 5.41) is 0.512. The standard InChI is InChI=1S/C20H23NO2S/c1-14-8-9-18(23-3)16(12-14)13-20(22)21-11-10-15(2)24-19-7-5-4-6-17(19)21/h4-9,12,15H,10-11,13H2,1-3H3/t15-/m0/s1. The van der Waals surface area contributed by atoms with Crippen molar-refractivity contribution >= 4 is 23.4 Å². The maximum atomic E-state index is 13.0. The van der Waals surface area contributed by atoms with Gasteiger partial charge < -0.3 is 9.64 Å². The molecule has 1 aliphatic heterocycles. The number of rotatable bonds is 3. The van der Waals surface area contributed by atoms with E-state index < -0.39 is 0 Å². The van der Waals surface area contributed by atoms with Crippen LogP contribution in [-0.2, 0) is 11.2 Å². The van der Waals surface area contributed by atoms with E-state index in [2.05, 4.69) is 13.0 Å². The second-order valence-corrected chi connectivity index (χ2v) is 7.70. The number of anilines is 1. The monoisotopic (exact) mass is 341 g/mol. The zero-order valence-electron chi connectivity index (χ0n) is 14.4. The van der Waals surface area contributed by atoms with E-state index >= 15 is 0 Å². The highest BCUT2D eigenvalue weighted by atomic mass is 32.2. The van der Waals surface area contributed by atoms with Crippen molar-refractivity contribution in [1.82, 2.24) is 0 Å². The lowest BCUT2D eigenvalue weighted by atomic mass is 10.1. The molecule has 0 radical (unpaired) electrons. The van der Waals surface area contributed by atoms with Gasteiger partial charge in [0.25, 0.3) is 0 Å². The van der Waals surface area contributed by atoms with Gasteiger partial charge in [-0.25, -0.2) is 0 Å². The van der Waals surface area contributed by atoms with Gasteiger partial charge in [-0.15, -0.1) is 11.8 Å². The van der Waals surface area contributed by atoms with Crippen LogP contribution in [0.5, 0.6) is 5.75 Å². The number of ether oxygens (including phenoxy) is 1. The van der Waals surface area contributed by atoms with Crippen molar-refractivity contribution in [3.05, 3.63) is 53.6 Å². The molecule has 1 amide bonds. The second-order valence-electron chi connectivity index (χ2n) is 6.22. The predicted octanol–water partition coefficient (Wildman–Crippen LogP) is 4.46. The molecule has 126 valence electrons. The molecule has 0 N–H and O–H groups in total. The van der Waals surface area contributed by atoms with Crippen molar-refractivity contribution in [3.8, 4) is 5.75 Å². The fourth-order valence-corrected chi connectivity index (χ4v) is 4.16. The van der Waals surface area contributed by atoms with Crippen molar-refractivity contribution in [1.29, 1.82) is 0 Å². The molecule has 0 aromatic heterocycles. The van der Waals surface area contributed by atoms with Gasteiger partial charge in [0.05, 0.1) is 19.2 Å². The number of benzene rings is 2. The number of para-hydroxylation sites is 1. The van der Waals surface area contributed by atoms with Crippen molar-refractivity contribution < 1.29 is 9.53 Å². The molecule has 4 heteroatoms. The Balaban J connectivity index is 1.89. The van der Waals surface area contributed by atoms with E-state index in [4.69, 9.17) is 4.74 Å². The zero-order chi connectivity index (χ0) is 17.1. The van der Waals surface area contributed by atoms with Gasteiger partial charge in [0.1, 0.15) is 5.75 Å². The minimum atomic E-state index is 0.126. The molecule has 24 heavy (non-hydrogen) atoms. The van der Waals surface area contributed by atoms with Crippen LogP contribution < -0.4 is 9.64 Å². The van der Waals surface area contributed by atoms with Crippen LogP contribution in [0.1, 0.15) is 24.5 Å². The lowest BCUT2D eigenvalue weighted by Crippen LogP contribution is -2.33. The summed E-state index contributed by atoms with van der Waals surface area (Å²) >= 11 is 1.85. The Morgan fingerprint density at radius 1 is 1.29 bits per heavy atom. The largest absolute Gasteiger partial charge is 0.496 e. The molecule has 1 atom stereocenters. The molecule has 0 saturated carbocycles. The van der Waals surface area contributed by atoms with E-state index in [9.17, 15) is 4.79 Å². The first-order valence-electron chi connectivity index (χ1n) is 8.28. The zero-order valence-corrected chi connectivity index (χ0v) is 15.2. The summed E-state index contributed by atoms with van der Waals surface area (Å²) in [4.78, 5) is 16.2. The van der Waals surface area contributed by atoms with Crippen LogP contribution in [-0.4, -0.2) is 24.8 Å². The highest BCUT2D eigenvalue weighted by Gasteiger charge is 2.24. The third-order valence-corrected chi connectivity index (χ3v) is 5.56. The molecule has 3 nitrogen and oxygen atoms in total. The summed E-state index contributed by atoms with van der Waals surface area (Å²) < 4.78 is 5.42. The third kappa shape index (κ3) is 3.59. The molecule has 0 saturated heterocycles. The molecular weight excluding hydrogens is 318 g/mol. The predicted molar refractivity (Wildman–Crippen MR) is 100 cm³/mol. The van der Waals surface area contributed by atoms with Crippen molar-refractivity contribution in [2.24, 2.45) is 0 Å². The van der Waals surface area contributed by atoms with E-state index in [0.29, 0.717) is 11.7 Å². The maximum absolute atomic E-state index is 13.0. The van der Waals surface area contributed by atoms with Crippen molar-refractivity contribution in [2.75, 3.05) is 18.6 Å². The van der Waals surface area contributed by atoms with E-state index in [1.807, 2.05) is 60.0 Å². The Labute approximate surface area is 148 Å². The fraction of sp³-hybridized carbons (Fsp3) is 0.350. The van der Waals surface area contributed by atoms with Crippen molar-refractivity contribution in [3.63, 3.8) is 0 Å². The number of aryl methyl sites for hydroxylation is 1. The molecule has 3 rings (SSSR count). The van der Waals surface area contributed by atoms with Crippen LogP contribution in [0.25, 0.3) is 0 Å². The SMILES string of the molecule is COc1ccc(C)cc1CC(=O)N1CC[C@H](C)Sc2ccccc21. The van der Waals surface area contributed by atoms with E-state index in [0.717, 1.165) is 35.5 Å². The number of hydrogen-bond acceptors (Lipinski definition) is 3. The van der Waals surface area contributed by atoms with Gasteiger partial charge >= 0.3 is 0 Å². The molecule has 0 aliphatic carbocycles. The number of carbonyl (C=O) groups is 1. The lowest BCUT2D eigenvalue weighted by molar-refractivity contribution is -0.118. The quantitative estimate of drug-likeness (QED) is 0.825. The van der Waals surface area contributed by atoms with Crippen LogP contribution >= 0.6 is 11.8 Å². The van der Waals surface area contributed by atoms with E-state index in [-0.39, 0.29) is 5.91 Å². The number of hydrogen-bond donors (Lipinski definition) is 0. The highest BCUT2D eigenvalue weighted by Crippen LogP contribution is 2.37. The van der Waals surface area contributed by atoms with Gasteiger partial charge in [0, 0.05) is 22.3 Å². The van der Waals surface area contributed by atoms with Gasteiger partial charge in [0.15, 0.2) is 0 Å². The van der Waals surface area contributed by atoms with Crippen LogP contribution in [0.4, 0.5) is 5.69 Å². The molecule has 2 aromatic carbocycles. The van der Waals surface area contributed by atoms with Crippen LogP contribution in [0.3, 0.4) is 0 Å². The van der Waals surface area contributed by atoms with E-state index in [1.54, 1.807) is 7.11 Å². The molecule has 0 unspecified atom stereocenters. The van der Waals surface area contributed by atoms with Gasteiger partial charge in [0.2, 0.25) is 5.91 Å². The Hall–Kier alpha value is -1.94. The summed E-state index contributed by atoms with van der Waals surface area (Å²) in [7, 11) is 1.65. The first-order chi connectivity index (χ1) is 11.6. The summed E-state index contributed by atoms with van der Waals surface area (Å²) in [6.07, 6.45) is 1.36. The summed E-state index contributed by atoms with van der Waals surface area (Å²) in [6, 6.07) is 14.2. The average Bonchev–Trinajstić information content (AvgIpc) is 2.73. The smallest absolute Gasteiger partial charge is 0.231 e. The van der Waals surface area contributed by atoms with Gasteiger partial charge in [-0.05, 0) is 31.5 Å². The van der Waals surface area contributed by atoms with Gasteiger partial charge in [-0.1, -0.05) is 36.8 Å². The molecular formula is C20H23NO2S. The Bertz CT molecular complexity index is 744. The Kier molecular flexibility index (Phi) is 5.14. The number of methoxy groups -OCH3 is 1. The molecule has 1 aliphatic rings.